The van der Waals surface area contributed by atoms with E-state index in [4.69, 9.17) is 0 Å². The van der Waals surface area contributed by atoms with Crippen molar-refractivity contribution >= 4 is 48.6 Å². The van der Waals surface area contributed by atoms with E-state index in [-0.39, 0.29) is 5.41 Å². The maximum Gasteiger partial charge on any atom is 0.0543 e. The first-order valence-corrected chi connectivity index (χ1v) is 21.2. The fourth-order valence-corrected chi connectivity index (χ4v) is 13.0. The molecule has 55 heavy (non-hydrogen) atoms. The Bertz CT molecular complexity index is 2740. The van der Waals surface area contributed by atoms with Crippen molar-refractivity contribution in [2.45, 2.75) is 43.9 Å². The summed E-state index contributed by atoms with van der Waals surface area (Å²) < 4.78 is 2.68. The minimum atomic E-state index is 0.110. The van der Waals surface area contributed by atoms with Gasteiger partial charge in [0.2, 0.25) is 0 Å². The highest BCUT2D eigenvalue weighted by molar-refractivity contribution is 7.25. The molecule has 3 saturated carbocycles. The van der Waals surface area contributed by atoms with Gasteiger partial charge in [0.25, 0.3) is 0 Å². The van der Waals surface area contributed by atoms with E-state index in [2.05, 4.69) is 169 Å². The molecular formula is C53H43NS. The highest BCUT2D eigenvalue weighted by Gasteiger charge is 2.57. The molecule has 5 unspecified atom stereocenters. The van der Waals surface area contributed by atoms with Gasteiger partial charge >= 0.3 is 0 Å². The molecule has 4 aliphatic carbocycles. The first-order chi connectivity index (χ1) is 27.2. The van der Waals surface area contributed by atoms with Crippen LogP contribution in [-0.4, -0.2) is 0 Å². The Kier molecular flexibility index (Phi) is 7.12. The van der Waals surface area contributed by atoms with Crippen molar-refractivity contribution in [3.63, 3.8) is 0 Å². The Morgan fingerprint density at radius 1 is 0.491 bits per heavy atom. The number of thiophene rings is 1. The van der Waals surface area contributed by atoms with Crippen LogP contribution in [0.2, 0.25) is 0 Å². The van der Waals surface area contributed by atoms with Crippen LogP contribution in [0.3, 0.4) is 0 Å². The van der Waals surface area contributed by atoms with E-state index in [9.17, 15) is 0 Å². The average Bonchev–Trinajstić information content (AvgIpc) is 3.76. The third-order valence-corrected chi connectivity index (χ3v) is 15.4. The van der Waals surface area contributed by atoms with Crippen molar-refractivity contribution in [1.29, 1.82) is 0 Å². The van der Waals surface area contributed by atoms with Crippen LogP contribution in [0.15, 0.2) is 164 Å². The molecule has 12 rings (SSSR count). The summed E-state index contributed by atoms with van der Waals surface area (Å²) in [6, 6.07) is 61.9. The van der Waals surface area contributed by atoms with Crippen molar-refractivity contribution in [3.8, 4) is 33.4 Å². The van der Waals surface area contributed by atoms with Gasteiger partial charge in [0.05, 0.1) is 5.69 Å². The van der Waals surface area contributed by atoms with Crippen LogP contribution in [0.4, 0.5) is 17.1 Å². The standard InChI is InChI=1S/C53H43NS/c1-2-9-35(10-3-1)36-19-21-37(22-20-36)38-23-25-42(26-24-38)54(43-27-28-45-44-11-5-7-16-50(44)55-51(45)32-43)49-15-8-14-48-52(49)46-12-4-6-13-47(46)53(48)33-39-18-17-34-29-40(39)31-41(53)30-34/h1-16,19-28,32,34,39-41H,17-18,29-31,33H2. The average molecular weight is 726 g/mol. The second kappa shape index (κ2) is 12.3. The number of hydrogen-bond acceptors (Lipinski definition) is 2. The molecule has 1 heterocycles. The summed E-state index contributed by atoms with van der Waals surface area (Å²) >= 11 is 1.90. The first kappa shape index (κ1) is 31.9. The molecule has 8 aromatic rings. The van der Waals surface area contributed by atoms with E-state index in [0.717, 1.165) is 23.7 Å². The van der Waals surface area contributed by atoms with Gasteiger partial charge in [-0.05, 0) is 131 Å². The molecule has 2 heteroatoms. The normalized spacial score (nSPS) is 23.3. The molecule has 1 nitrogen and oxygen atoms in total. The lowest BCUT2D eigenvalue weighted by Gasteiger charge is -2.57. The van der Waals surface area contributed by atoms with Gasteiger partial charge in [-0.3, -0.25) is 0 Å². The minimum Gasteiger partial charge on any atom is -0.310 e. The Hall–Kier alpha value is -5.44. The Balaban J connectivity index is 1.02. The summed E-state index contributed by atoms with van der Waals surface area (Å²) in [6.45, 7) is 0. The zero-order valence-electron chi connectivity index (χ0n) is 31.0. The summed E-state index contributed by atoms with van der Waals surface area (Å²) in [4.78, 5) is 2.57. The molecule has 3 bridgehead atoms. The largest absolute Gasteiger partial charge is 0.310 e. The van der Waals surface area contributed by atoms with Crippen LogP contribution >= 0.6 is 11.3 Å². The molecule has 0 saturated heterocycles. The minimum absolute atomic E-state index is 0.110. The number of hydrogen-bond donors (Lipinski definition) is 0. The van der Waals surface area contributed by atoms with Crippen molar-refractivity contribution in [2.75, 3.05) is 4.90 Å². The molecule has 4 aliphatic rings. The van der Waals surface area contributed by atoms with Gasteiger partial charge < -0.3 is 4.90 Å². The van der Waals surface area contributed by atoms with E-state index < -0.39 is 0 Å². The maximum atomic E-state index is 2.57. The summed E-state index contributed by atoms with van der Waals surface area (Å²) in [5.41, 5.74) is 14.9. The van der Waals surface area contributed by atoms with Gasteiger partial charge in [-0.25, -0.2) is 0 Å². The first-order valence-electron chi connectivity index (χ1n) is 20.4. The quantitative estimate of drug-likeness (QED) is 0.171. The molecule has 0 aliphatic heterocycles. The van der Waals surface area contributed by atoms with Gasteiger partial charge in [0.15, 0.2) is 0 Å². The summed E-state index contributed by atoms with van der Waals surface area (Å²) in [5, 5.41) is 2.68. The number of fused-ring (bicyclic) bond motifs is 11. The zero-order valence-corrected chi connectivity index (χ0v) is 31.8. The second-order valence-corrected chi connectivity index (χ2v) is 18.0. The molecule has 5 atom stereocenters. The van der Waals surface area contributed by atoms with Crippen LogP contribution in [0.1, 0.15) is 49.7 Å². The Morgan fingerprint density at radius 3 is 2.00 bits per heavy atom. The summed E-state index contributed by atoms with van der Waals surface area (Å²) in [5.74, 6) is 3.41. The van der Waals surface area contributed by atoms with Crippen LogP contribution < -0.4 is 4.90 Å². The van der Waals surface area contributed by atoms with Gasteiger partial charge in [0, 0.05) is 42.5 Å². The van der Waals surface area contributed by atoms with Crippen LogP contribution in [0.5, 0.6) is 0 Å². The predicted molar refractivity (Wildman–Crippen MR) is 233 cm³/mol. The van der Waals surface area contributed by atoms with E-state index >= 15 is 0 Å². The maximum absolute atomic E-state index is 2.57. The fraction of sp³-hybridized carbons (Fsp3) is 0.208. The SMILES string of the molecule is c1ccc(-c2ccc(-c3ccc(N(c4ccc5c(c4)sc4ccccc45)c4cccc5c4-c4ccccc4C54CC5CCC6CC5CC4C6)cc3)cc2)cc1. The third-order valence-electron chi connectivity index (χ3n) is 14.2. The smallest absolute Gasteiger partial charge is 0.0543 e. The second-order valence-electron chi connectivity index (χ2n) is 16.9. The van der Waals surface area contributed by atoms with E-state index in [1.165, 1.54) is 109 Å². The zero-order chi connectivity index (χ0) is 36.1. The fourth-order valence-electron chi connectivity index (χ4n) is 11.9. The van der Waals surface area contributed by atoms with E-state index in [1.807, 2.05) is 11.3 Å². The molecule has 7 aromatic carbocycles. The summed E-state index contributed by atoms with van der Waals surface area (Å²) in [6.07, 6.45) is 8.45. The molecule has 266 valence electrons. The van der Waals surface area contributed by atoms with E-state index in [0.29, 0.717) is 0 Å². The third kappa shape index (κ3) is 4.83. The molecule has 3 fully saturated rings. The lowest BCUT2D eigenvalue weighted by Crippen LogP contribution is -2.50. The molecular weight excluding hydrogens is 683 g/mol. The van der Waals surface area contributed by atoms with Gasteiger partial charge in [-0.2, -0.15) is 0 Å². The molecule has 1 spiro atoms. The van der Waals surface area contributed by atoms with E-state index in [1.54, 1.807) is 11.1 Å². The molecule has 0 amide bonds. The van der Waals surface area contributed by atoms with Crippen molar-refractivity contribution in [1.82, 2.24) is 0 Å². The topological polar surface area (TPSA) is 3.24 Å². The van der Waals surface area contributed by atoms with Gasteiger partial charge in [-0.1, -0.05) is 134 Å². The lowest BCUT2D eigenvalue weighted by molar-refractivity contribution is -0.0103. The Labute approximate surface area is 327 Å². The monoisotopic (exact) mass is 725 g/mol. The number of rotatable bonds is 5. The molecule has 0 N–H and O–H groups in total. The molecule has 0 radical (unpaired) electrons. The van der Waals surface area contributed by atoms with Crippen LogP contribution in [-0.2, 0) is 5.41 Å². The highest BCUT2D eigenvalue weighted by atomic mass is 32.1. The van der Waals surface area contributed by atoms with Crippen molar-refractivity contribution in [3.05, 3.63) is 175 Å². The van der Waals surface area contributed by atoms with Crippen LogP contribution in [0.25, 0.3) is 53.6 Å². The van der Waals surface area contributed by atoms with Crippen molar-refractivity contribution in [2.24, 2.45) is 23.7 Å². The lowest BCUT2D eigenvalue weighted by atomic mass is 9.47. The summed E-state index contributed by atoms with van der Waals surface area (Å²) in [7, 11) is 0. The van der Waals surface area contributed by atoms with Crippen molar-refractivity contribution < 1.29 is 0 Å². The molecule has 1 aromatic heterocycles. The van der Waals surface area contributed by atoms with Crippen LogP contribution in [0, 0.1) is 23.7 Å². The number of nitrogens with zero attached hydrogens (tertiary/aromatic N) is 1. The van der Waals surface area contributed by atoms with Gasteiger partial charge in [-0.15, -0.1) is 11.3 Å². The Morgan fingerprint density at radius 2 is 1.16 bits per heavy atom. The number of anilines is 3. The number of benzene rings is 7. The highest BCUT2D eigenvalue weighted by Crippen LogP contribution is 2.67. The predicted octanol–water partition coefficient (Wildman–Crippen LogP) is 15.0. The van der Waals surface area contributed by atoms with Gasteiger partial charge in [0.1, 0.15) is 0 Å².